The van der Waals surface area contributed by atoms with Gasteiger partial charge in [-0.2, -0.15) is 5.11 Å². The summed E-state index contributed by atoms with van der Waals surface area (Å²) >= 11 is 0. The van der Waals surface area contributed by atoms with Crippen LogP contribution in [-0.4, -0.2) is 17.7 Å². The summed E-state index contributed by atoms with van der Waals surface area (Å²) < 4.78 is 5.19. The van der Waals surface area contributed by atoms with Crippen molar-refractivity contribution in [2.24, 2.45) is 27.0 Å². The number of phenolic OH excluding ortho intramolecular Hbond substituents is 1. The van der Waals surface area contributed by atoms with Crippen LogP contribution in [0.3, 0.4) is 0 Å². The quantitative estimate of drug-likeness (QED) is 0.508. The number of nitrogens with zero attached hydrogens (tertiary/aromatic N) is 2. The Kier molecular flexibility index (Phi) is 5.82. The molecule has 0 aliphatic heterocycles. The zero-order chi connectivity index (χ0) is 20.2. The van der Waals surface area contributed by atoms with E-state index in [9.17, 15) is 9.90 Å². The Bertz CT molecular complexity index is 835. The fourth-order valence-electron chi connectivity index (χ4n) is 4.56. The van der Waals surface area contributed by atoms with Gasteiger partial charge in [-0.1, -0.05) is 51.1 Å². The summed E-state index contributed by atoms with van der Waals surface area (Å²) in [7, 11) is 0. The van der Waals surface area contributed by atoms with Crippen LogP contribution in [0.1, 0.15) is 40.0 Å². The topological polar surface area (TPSA) is 71.2 Å². The van der Waals surface area contributed by atoms with Gasteiger partial charge in [0.2, 0.25) is 0 Å². The van der Waals surface area contributed by atoms with Crippen LogP contribution >= 0.6 is 0 Å². The third kappa shape index (κ3) is 3.79. The van der Waals surface area contributed by atoms with Crippen LogP contribution in [0.2, 0.25) is 0 Å². The number of ether oxygens (including phenoxy) is 1. The lowest BCUT2D eigenvalue weighted by atomic mass is 9.70. The lowest BCUT2D eigenvalue weighted by Crippen LogP contribution is -2.36. The van der Waals surface area contributed by atoms with Gasteiger partial charge in [0, 0.05) is 5.41 Å². The number of carbonyl (C=O) groups excluding carboxylic acids is 1. The summed E-state index contributed by atoms with van der Waals surface area (Å²) in [6.45, 7) is 7.53. The lowest BCUT2D eigenvalue weighted by molar-refractivity contribution is -0.141. The number of phenols is 1. The van der Waals surface area contributed by atoms with Crippen LogP contribution in [0.25, 0.3) is 0 Å². The molecule has 148 valence electrons. The predicted molar refractivity (Wildman–Crippen MR) is 109 cm³/mol. The summed E-state index contributed by atoms with van der Waals surface area (Å²) in [5, 5.41) is 17.4. The highest BCUT2D eigenvalue weighted by molar-refractivity contribution is 5.50. The third-order valence-corrected chi connectivity index (χ3v) is 6.84. The zero-order valence-corrected chi connectivity index (χ0v) is 16.7. The van der Waals surface area contributed by atoms with E-state index in [1.165, 1.54) is 12.8 Å². The fourth-order valence-corrected chi connectivity index (χ4v) is 4.56. The zero-order valence-electron chi connectivity index (χ0n) is 16.7. The third-order valence-electron chi connectivity index (χ3n) is 6.84. The maximum absolute atomic E-state index is 10.4. The second kappa shape index (κ2) is 8.13. The van der Waals surface area contributed by atoms with Crippen LogP contribution in [0, 0.1) is 16.7 Å². The average Bonchev–Trinajstić information content (AvgIpc) is 3.03. The van der Waals surface area contributed by atoms with Gasteiger partial charge in [-0.25, -0.2) is 0 Å². The standard InChI is InChI=1S/C12H10N2O.C11H18O2/c15-12-9-5-4-8-11(12)14-13-10-6-2-1-3-7-10;1-10(2)8-4-5-11(10,3)9(6-8)13-7-12/h1-9,15H;7-9H,4-6H2,1-3H3. The summed E-state index contributed by atoms with van der Waals surface area (Å²) in [5.41, 5.74) is 1.81. The van der Waals surface area contributed by atoms with E-state index in [1.54, 1.807) is 24.3 Å². The second-order valence-corrected chi connectivity index (χ2v) is 8.36. The van der Waals surface area contributed by atoms with Gasteiger partial charge >= 0.3 is 0 Å². The first kappa shape index (κ1) is 20.1. The van der Waals surface area contributed by atoms with Gasteiger partial charge in [-0.3, -0.25) is 4.79 Å². The molecule has 1 N–H and O–H groups in total. The molecule has 2 aromatic rings. The highest BCUT2D eigenvalue weighted by Gasteiger charge is 2.62. The summed E-state index contributed by atoms with van der Waals surface area (Å²) in [6.07, 6.45) is 3.76. The Hall–Kier alpha value is -2.69. The van der Waals surface area contributed by atoms with E-state index in [1.807, 2.05) is 30.3 Å². The van der Waals surface area contributed by atoms with E-state index in [0.717, 1.165) is 18.0 Å². The van der Waals surface area contributed by atoms with E-state index < -0.39 is 0 Å². The van der Waals surface area contributed by atoms with E-state index in [-0.39, 0.29) is 17.3 Å². The largest absolute Gasteiger partial charge is 0.506 e. The van der Waals surface area contributed by atoms with Crippen LogP contribution in [-0.2, 0) is 9.53 Å². The van der Waals surface area contributed by atoms with Crippen LogP contribution in [0.15, 0.2) is 64.8 Å². The number of aromatic hydroxyl groups is 1. The number of para-hydroxylation sites is 1. The van der Waals surface area contributed by atoms with Gasteiger partial charge in [0.1, 0.15) is 17.5 Å². The Morgan fingerprint density at radius 2 is 1.71 bits per heavy atom. The van der Waals surface area contributed by atoms with Crippen molar-refractivity contribution in [3.05, 3.63) is 54.6 Å². The number of rotatable bonds is 4. The highest BCUT2D eigenvalue weighted by atomic mass is 16.5. The van der Waals surface area contributed by atoms with Crippen molar-refractivity contribution >= 4 is 17.8 Å². The minimum atomic E-state index is 0.136. The van der Waals surface area contributed by atoms with Crippen molar-refractivity contribution < 1.29 is 14.6 Å². The molecule has 5 heteroatoms. The number of hydrogen-bond donors (Lipinski definition) is 1. The first-order valence-corrected chi connectivity index (χ1v) is 9.72. The van der Waals surface area contributed by atoms with Gasteiger partial charge in [-0.05, 0) is 54.9 Å². The van der Waals surface area contributed by atoms with Crippen LogP contribution < -0.4 is 0 Å². The molecule has 0 radical (unpaired) electrons. The summed E-state index contributed by atoms with van der Waals surface area (Å²) in [5.74, 6) is 0.889. The molecular formula is C23H28N2O3. The molecule has 0 aromatic heterocycles. The molecule has 28 heavy (non-hydrogen) atoms. The molecular weight excluding hydrogens is 352 g/mol. The maximum Gasteiger partial charge on any atom is 0.293 e. The van der Waals surface area contributed by atoms with Gasteiger partial charge < -0.3 is 9.84 Å². The Balaban J connectivity index is 0.000000162. The predicted octanol–water partition coefficient (Wildman–Crippen LogP) is 6.18. The molecule has 5 nitrogen and oxygen atoms in total. The minimum Gasteiger partial charge on any atom is -0.506 e. The van der Waals surface area contributed by atoms with Crippen molar-refractivity contribution in [3.8, 4) is 5.75 Å². The Morgan fingerprint density at radius 3 is 2.29 bits per heavy atom. The lowest BCUT2D eigenvalue weighted by Gasteiger charge is -2.37. The first-order valence-electron chi connectivity index (χ1n) is 9.72. The van der Waals surface area contributed by atoms with Crippen molar-refractivity contribution in [2.45, 2.75) is 46.1 Å². The monoisotopic (exact) mass is 380 g/mol. The number of carbonyl (C=O) groups is 1. The van der Waals surface area contributed by atoms with Gasteiger partial charge in [-0.15, -0.1) is 5.11 Å². The molecule has 2 aliphatic carbocycles. The molecule has 0 spiro atoms. The molecule has 0 amide bonds. The molecule has 0 heterocycles. The van der Waals surface area contributed by atoms with E-state index >= 15 is 0 Å². The van der Waals surface area contributed by atoms with Gasteiger partial charge in [0.05, 0.1) is 5.69 Å². The Labute approximate surface area is 166 Å². The molecule has 2 aromatic carbocycles. The van der Waals surface area contributed by atoms with E-state index in [0.29, 0.717) is 17.6 Å². The normalized spacial score (nSPS) is 27.2. The number of azo groups is 1. The van der Waals surface area contributed by atoms with Crippen LogP contribution in [0.4, 0.5) is 11.4 Å². The van der Waals surface area contributed by atoms with Crippen molar-refractivity contribution in [3.63, 3.8) is 0 Å². The van der Waals surface area contributed by atoms with Crippen LogP contribution in [0.5, 0.6) is 5.75 Å². The van der Waals surface area contributed by atoms with Crippen molar-refractivity contribution in [2.75, 3.05) is 0 Å². The SMILES string of the molecule is CC1(C)C2CCC1(C)C(OC=O)C2.Oc1ccccc1N=Nc1ccccc1. The molecule has 4 rings (SSSR count). The maximum atomic E-state index is 10.4. The fraction of sp³-hybridized carbons (Fsp3) is 0.435. The van der Waals surface area contributed by atoms with Gasteiger partial charge in [0.25, 0.3) is 6.47 Å². The van der Waals surface area contributed by atoms with E-state index in [4.69, 9.17) is 4.74 Å². The number of fused-ring (bicyclic) bond motifs is 2. The first-order chi connectivity index (χ1) is 13.4. The van der Waals surface area contributed by atoms with E-state index in [2.05, 4.69) is 31.0 Å². The smallest absolute Gasteiger partial charge is 0.293 e. The minimum absolute atomic E-state index is 0.136. The molecule has 2 fully saturated rings. The molecule has 2 aliphatic rings. The number of benzene rings is 2. The summed E-state index contributed by atoms with van der Waals surface area (Å²) in [4.78, 5) is 10.4. The average molecular weight is 380 g/mol. The molecule has 2 saturated carbocycles. The second-order valence-electron chi connectivity index (χ2n) is 8.36. The van der Waals surface area contributed by atoms with Crippen molar-refractivity contribution in [1.82, 2.24) is 0 Å². The van der Waals surface area contributed by atoms with Gasteiger partial charge in [0.15, 0.2) is 0 Å². The molecule has 3 unspecified atom stereocenters. The van der Waals surface area contributed by atoms with Crippen molar-refractivity contribution in [1.29, 1.82) is 0 Å². The Morgan fingerprint density at radius 1 is 1.04 bits per heavy atom. The summed E-state index contributed by atoms with van der Waals surface area (Å²) in [6, 6.07) is 16.2. The molecule has 2 bridgehead atoms. The highest BCUT2D eigenvalue weighted by Crippen LogP contribution is 2.66. The molecule has 0 saturated heterocycles. The molecule has 3 atom stereocenters. The number of hydrogen-bond acceptors (Lipinski definition) is 5.